The van der Waals surface area contributed by atoms with Gasteiger partial charge in [-0.25, -0.2) is 17.9 Å². The average Bonchev–Trinajstić information content (AvgIpc) is 2.88. The molecular weight excluding hydrogens is 311 g/mol. The molecule has 0 aliphatic heterocycles. The zero-order valence-electron chi connectivity index (χ0n) is 10.1. The van der Waals surface area contributed by atoms with Crippen molar-refractivity contribution in [3.8, 4) is 5.75 Å². The smallest absolute Gasteiger partial charge is 0.274 e. The van der Waals surface area contributed by atoms with Crippen LogP contribution in [0.25, 0.3) is 0 Å². The highest BCUT2D eigenvalue weighted by molar-refractivity contribution is 7.89. The molecular formula is C9H7FN4O6S. The van der Waals surface area contributed by atoms with E-state index in [4.69, 9.17) is 9.88 Å². The topological polar surface area (TPSA) is 151 Å². The number of sulfonamides is 1. The van der Waals surface area contributed by atoms with Crippen LogP contribution in [0, 0.1) is 15.9 Å². The Morgan fingerprint density at radius 2 is 2.19 bits per heavy atom. The SMILES string of the molecule is NS(=O)(=O)c1cc([N+](=O)[O-])cc(F)c1OCc1ncon1. The molecule has 2 aromatic rings. The van der Waals surface area contributed by atoms with Gasteiger partial charge in [0.15, 0.2) is 18.2 Å². The van der Waals surface area contributed by atoms with E-state index in [0.29, 0.717) is 12.1 Å². The van der Waals surface area contributed by atoms with Crippen LogP contribution in [0.2, 0.25) is 0 Å². The molecule has 0 bridgehead atoms. The van der Waals surface area contributed by atoms with Gasteiger partial charge < -0.3 is 9.26 Å². The lowest BCUT2D eigenvalue weighted by Crippen LogP contribution is -2.15. The van der Waals surface area contributed by atoms with E-state index < -0.39 is 43.7 Å². The van der Waals surface area contributed by atoms with Crippen LogP contribution >= 0.6 is 0 Å². The van der Waals surface area contributed by atoms with Gasteiger partial charge in [0.25, 0.3) is 5.69 Å². The van der Waals surface area contributed by atoms with E-state index >= 15 is 0 Å². The first kappa shape index (κ1) is 14.8. The Morgan fingerprint density at radius 1 is 1.48 bits per heavy atom. The van der Waals surface area contributed by atoms with Gasteiger partial charge in [-0.2, -0.15) is 4.98 Å². The molecule has 0 saturated carbocycles. The molecule has 2 rings (SSSR count). The number of halogens is 1. The van der Waals surface area contributed by atoms with Crippen LogP contribution in [-0.4, -0.2) is 23.5 Å². The number of ether oxygens (including phenoxy) is 1. The van der Waals surface area contributed by atoms with Crippen molar-refractivity contribution in [2.24, 2.45) is 5.14 Å². The van der Waals surface area contributed by atoms with Crippen molar-refractivity contribution in [1.29, 1.82) is 0 Å². The summed E-state index contributed by atoms with van der Waals surface area (Å²) in [5, 5.41) is 18.9. The number of primary sulfonamides is 1. The highest BCUT2D eigenvalue weighted by Crippen LogP contribution is 2.31. The van der Waals surface area contributed by atoms with E-state index in [1.54, 1.807) is 0 Å². The molecule has 2 N–H and O–H groups in total. The summed E-state index contributed by atoms with van der Waals surface area (Å²) in [6.07, 6.45) is 0.992. The van der Waals surface area contributed by atoms with Gasteiger partial charge in [0.1, 0.15) is 4.90 Å². The molecule has 0 spiro atoms. The summed E-state index contributed by atoms with van der Waals surface area (Å²) in [7, 11) is -4.44. The number of nitrogens with two attached hydrogens (primary N) is 1. The molecule has 0 radical (unpaired) electrons. The fourth-order valence-corrected chi connectivity index (χ4v) is 2.10. The van der Waals surface area contributed by atoms with E-state index in [1.807, 2.05) is 0 Å². The second kappa shape index (κ2) is 5.41. The Labute approximate surface area is 116 Å². The fraction of sp³-hybridized carbons (Fsp3) is 0.111. The summed E-state index contributed by atoms with van der Waals surface area (Å²) in [5.74, 6) is -1.99. The molecule has 0 aliphatic rings. The molecule has 1 aromatic carbocycles. The molecule has 0 unspecified atom stereocenters. The van der Waals surface area contributed by atoms with Crippen molar-refractivity contribution in [1.82, 2.24) is 10.1 Å². The summed E-state index contributed by atoms with van der Waals surface area (Å²) >= 11 is 0. The van der Waals surface area contributed by atoms with E-state index in [0.717, 1.165) is 6.39 Å². The molecule has 12 heteroatoms. The van der Waals surface area contributed by atoms with Crippen LogP contribution in [0.4, 0.5) is 10.1 Å². The van der Waals surface area contributed by atoms with Crippen molar-refractivity contribution in [3.05, 3.63) is 40.3 Å². The van der Waals surface area contributed by atoms with Gasteiger partial charge in [-0.15, -0.1) is 0 Å². The predicted molar refractivity (Wildman–Crippen MR) is 63.1 cm³/mol. The lowest BCUT2D eigenvalue weighted by atomic mass is 10.3. The minimum Gasteiger partial charge on any atom is -0.481 e. The monoisotopic (exact) mass is 318 g/mol. The quantitative estimate of drug-likeness (QED) is 0.612. The maximum atomic E-state index is 13.8. The Hall–Kier alpha value is -2.60. The first-order valence-electron chi connectivity index (χ1n) is 5.18. The van der Waals surface area contributed by atoms with E-state index in [9.17, 15) is 22.9 Å². The predicted octanol–water partition coefficient (Wildman–Crippen LogP) is 0.343. The first-order chi connectivity index (χ1) is 9.79. The molecule has 0 amide bonds. The van der Waals surface area contributed by atoms with Crippen molar-refractivity contribution in [3.63, 3.8) is 0 Å². The maximum Gasteiger partial charge on any atom is 0.274 e. The second-order valence-corrected chi connectivity index (χ2v) is 5.22. The Morgan fingerprint density at radius 3 is 2.71 bits per heavy atom. The van der Waals surface area contributed by atoms with Crippen LogP contribution in [0.5, 0.6) is 5.75 Å². The third-order valence-electron chi connectivity index (χ3n) is 2.26. The minimum absolute atomic E-state index is 0.0214. The number of nitro benzene ring substituents is 1. The number of nitrogens with zero attached hydrogens (tertiary/aromatic N) is 3. The number of hydrogen-bond acceptors (Lipinski definition) is 8. The zero-order chi connectivity index (χ0) is 15.6. The number of rotatable bonds is 5. The van der Waals surface area contributed by atoms with Crippen LogP contribution < -0.4 is 9.88 Å². The highest BCUT2D eigenvalue weighted by atomic mass is 32.2. The molecule has 0 saturated heterocycles. The normalized spacial score (nSPS) is 11.3. The number of aromatic nitrogens is 2. The first-order valence-corrected chi connectivity index (χ1v) is 6.72. The molecule has 1 heterocycles. The summed E-state index contributed by atoms with van der Waals surface area (Å²) in [5.41, 5.74) is -0.775. The molecule has 10 nitrogen and oxygen atoms in total. The molecule has 0 fully saturated rings. The molecule has 21 heavy (non-hydrogen) atoms. The molecule has 0 atom stereocenters. The van der Waals surface area contributed by atoms with Crippen molar-refractivity contribution < 1.29 is 27.0 Å². The standard InChI is InChI=1S/C9H7FN4O6S/c10-6-1-5(14(15)16)2-7(21(11,17)18)9(6)19-3-8-12-4-20-13-8/h1-2,4H,3H2,(H2,11,17,18). The summed E-state index contributed by atoms with van der Waals surface area (Å²) < 4.78 is 46.0. The fourth-order valence-electron chi connectivity index (χ4n) is 1.40. The van der Waals surface area contributed by atoms with Gasteiger partial charge in [0.05, 0.1) is 11.0 Å². The van der Waals surface area contributed by atoms with Gasteiger partial charge in [0, 0.05) is 6.07 Å². The summed E-state index contributed by atoms with van der Waals surface area (Å²) in [4.78, 5) is 12.4. The third-order valence-corrected chi connectivity index (χ3v) is 3.18. The largest absolute Gasteiger partial charge is 0.481 e. The number of benzene rings is 1. The summed E-state index contributed by atoms with van der Waals surface area (Å²) in [6, 6.07) is 1.12. The van der Waals surface area contributed by atoms with E-state index in [1.165, 1.54) is 0 Å². The zero-order valence-corrected chi connectivity index (χ0v) is 10.9. The number of hydrogen-bond donors (Lipinski definition) is 1. The average molecular weight is 318 g/mol. The third kappa shape index (κ3) is 3.29. The molecule has 1 aromatic heterocycles. The Kier molecular flexibility index (Phi) is 3.82. The van der Waals surface area contributed by atoms with E-state index in [-0.39, 0.29) is 5.82 Å². The Bertz CT molecular complexity index is 776. The van der Waals surface area contributed by atoms with Crippen LogP contribution in [0.3, 0.4) is 0 Å². The lowest BCUT2D eigenvalue weighted by molar-refractivity contribution is -0.385. The van der Waals surface area contributed by atoms with E-state index in [2.05, 4.69) is 14.7 Å². The minimum atomic E-state index is -4.44. The lowest BCUT2D eigenvalue weighted by Gasteiger charge is -2.09. The van der Waals surface area contributed by atoms with Gasteiger partial charge in [-0.05, 0) is 0 Å². The van der Waals surface area contributed by atoms with Crippen molar-refractivity contribution in [2.75, 3.05) is 0 Å². The van der Waals surface area contributed by atoms with Crippen LogP contribution in [0.1, 0.15) is 5.82 Å². The molecule has 112 valence electrons. The highest BCUT2D eigenvalue weighted by Gasteiger charge is 2.25. The van der Waals surface area contributed by atoms with Gasteiger partial charge >= 0.3 is 0 Å². The van der Waals surface area contributed by atoms with Crippen LogP contribution in [-0.2, 0) is 16.6 Å². The van der Waals surface area contributed by atoms with Crippen molar-refractivity contribution in [2.45, 2.75) is 11.5 Å². The number of non-ortho nitro benzene ring substituents is 1. The second-order valence-electron chi connectivity index (χ2n) is 3.69. The summed E-state index contributed by atoms with van der Waals surface area (Å²) in [6.45, 7) is -0.409. The van der Waals surface area contributed by atoms with Gasteiger partial charge in [-0.1, -0.05) is 5.16 Å². The van der Waals surface area contributed by atoms with Gasteiger partial charge in [-0.3, -0.25) is 10.1 Å². The van der Waals surface area contributed by atoms with Gasteiger partial charge in [0.2, 0.25) is 22.2 Å². The number of nitro groups is 1. The maximum absolute atomic E-state index is 13.8. The Balaban J connectivity index is 2.45. The molecule has 0 aliphatic carbocycles. The van der Waals surface area contributed by atoms with Crippen LogP contribution in [0.15, 0.2) is 27.9 Å². The van der Waals surface area contributed by atoms with Crippen molar-refractivity contribution >= 4 is 15.7 Å².